The fraction of sp³-hybridized carbons (Fsp3) is 0.333. The molecule has 1 atom stereocenters. The van der Waals surface area contributed by atoms with Crippen LogP contribution in [0.25, 0.3) is 11.5 Å². The van der Waals surface area contributed by atoms with Gasteiger partial charge in [0, 0.05) is 11.5 Å². The fourth-order valence-corrected chi connectivity index (χ4v) is 1.58. The Morgan fingerprint density at radius 2 is 2.24 bits per heavy atom. The molecule has 5 heteroatoms. The van der Waals surface area contributed by atoms with Crippen molar-refractivity contribution in [2.45, 2.75) is 26.2 Å². The van der Waals surface area contributed by atoms with Gasteiger partial charge in [-0.25, -0.2) is 0 Å². The van der Waals surface area contributed by atoms with Crippen LogP contribution in [0, 0.1) is 0 Å². The number of hydrogen-bond donors (Lipinski definition) is 1. The summed E-state index contributed by atoms with van der Waals surface area (Å²) in [5, 5.41) is 4.45. The second kappa shape index (κ2) is 4.75. The predicted octanol–water partition coefficient (Wildman–Crippen LogP) is 3.49. The van der Waals surface area contributed by atoms with Gasteiger partial charge in [0.25, 0.3) is 5.89 Å². The maximum atomic E-state index is 5.95. The molecule has 17 heavy (non-hydrogen) atoms. The van der Waals surface area contributed by atoms with Gasteiger partial charge in [-0.15, -0.1) is 0 Å². The molecule has 0 fully saturated rings. The summed E-state index contributed by atoms with van der Waals surface area (Å²) >= 11 is 5.95. The van der Waals surface area contributed by atoms with Gasteiger partial charge >= 0.3 is 0 Å². The predicted molar refractivity (Wildman–Crippen MR) is 67.9 cm³/mol. The van der Waals surface area contributed by atoms with E-state index in [-0.39, 0.29) is 5.92 Å². The third kappa shape index (κ3) is 2.42. The van der Waals surface area contributed by atoms with E-state index in [9.17, 15) is 0 Å². The van der Waals surface area contributed by atoms with Crippen molar-refractivity contribution in [2.75, 3.05) is 5.73 Å². The molecule has 0 saturated heterocycles. The van der Waals surface area contributed by atoms with Crippen LogP contribution in [0.1, 0.15) is 32.0 Å². The highest BCUT2D eigenvalue weighted by Gasteiger charge is 2.13. The number of aromatic nitrogens is 2. The smallest absolute Gasteiger partial charge is 0.257 e. The summed E-state index contributed by atoms with van der Waals surface area (Å²) in [6.45, 7) is 4.14. The third-order valence-electron chi connectivity index (χ3n) is 2.74. The Balaban J connectivity index is 2.33. The van der Waals surface area contributed by atoms with Crippen molar-refractivity contribution in [3.63, 3.8) is 0 Å². The van der Waals surface area contributed by atoms with Gasteiger partial charge < -0.3 is 10.3 Å². The van der Waals surface area contributed by atoms with Gasteiger partial charge in [-0.05, 0) is 24.6 Å². The molecule has 90 valence electrons. The van der Waals surface area contributed by atoms with Crippen LogP contribution in [0.5, 0.6) is 0 Å². The summed E-state index contributed by atoms with van der Waals surface area (Å²) in [6.07, 6.45) is 0.974. The van der Waals surface area contributed by atoms with Crippen LogP contribution in [0.15, 0.2) is 22.7 Å². The van der Waals surface area contributed by atoms with Crippen LogP contribution in [0.3, 0.4) is 0 Å². The minimum Gasteiger partial charge on any atom is -0.398 e. The minimum absolute atomic E-state index is 0.289. The van der Waals surface area contributed by atoms with E-state index >= 15 is 0 Å². The number of hydrogen-bond acceptors (Lipinski definition) is 4. The van der Waals surface area contributed by atoms with E-state index < -0.39 is 0 Å². The van der Waals surface area contributed by atoms with E-state index in [1.165, 1.54) is 0 Å². The van der Waals surface area contributed by atoms with E-state index in [2.05, 4.69) is 24.0 Å². The van der Waals surface area contributed by atoms with Gasteiger partial charge in [-0.2, -0.15) is 4.98 Å². The summed E-state index contributed by atoms with van der Waals surface area (Å²) in [6, 6.07) is 5.27. The topological polar surface area (TPSA) is 64.9 Å². The summed E-state index contributed by atoms with van der Waals surface area (Å²) < 4.78 is 5.21. The first kappa shape index (κ1) is 11.9. The summed E-state index contributed by atoms with van der Waals surface area (Å²) in [4.78, 5) is 4.34. The van der Waals surface area contributed by atoms with Crippen molar-refractivity contribution in [1.82, 2.24) is 10.1 Å². The number of halogens is 1. The van der Waals surface area contributed by atoms with Crippen LogP contribution in [-0.2, 0) is 0 Å². The zero-order valence-electron chi connectivity index (χ0n) is 9.77. The molecule has 0 saturated carbocycles. The van der Waals surface area contributed by atoms with Gasteiger partial charge in [0.1, 0.15) is 0 Å². The number of nitrogens with two attached hydrogens (primary N) is 1. The average Bonchev–Trinajstić information content (AvgIpc) is 2.81. The van der Waals surface area contributed by atoms with Crippen LogP contribution in [0.4, 0.5) is 5.69 Å². The number of benzene rings is 1. The lowest BCUT2D eigenvalue weighted by Gasteiger charge is -2.00. The van der Waals surface area contributed by atoms with E-state index in [1.54, 1.807) is 12.1 Å². The van der Waals surface area contributed by atoms with Crippen molar-refractivity contribution >= 4 is 17.3 Å². The molecule has 1 heterocycles. The first-order valence-electron chi connectivity index (χ1n) is 5.50. The van der Waals surface area contributed by atoms with Gasteiger partial charge in [-0.3, -0.25) is 0 Å². The molecular weight excluding hydrogens is 238 g/mol. The highest BCUT2D eigenvalue weighted by Crippen LogP contribution is 2.27. The second-order valence-electron chi connectivity index (χ2n) is 4.00. The largest absolute Gasteiger partial charge is 0.398 e. The summed E-state index contributed by atoms with van der Waals surface area (Å²) in [5.41, 5.74) is 6.97. The molecule has 2 N–H and O–H groups in total. The molecule has 1 aromatic heterocycles. The maximum absolute atomic E-state index is 5.95. The lowest BCUT2D eigenvalue weighted by molar-refractivity contribution is 0.416. The molecule has 0 spiro atoms. The Hall–Kier alpha value is -1.55. The lowest BCUT2D eigenvalue weighted by atomic mass is 10.1. The van der Waals surface area contributed by atoms with Gasteiger partial charge in [-0.1, -0.05) is 30.6 Å². The van der Waals surface area contributed by atoms with Crippen molar-refractivity contribution in [3.05, 3.63) is 29.0 Å². The second-order valence-corrected chi connectivity index (χ2v) is 4.41. The Kier molecular flexibility index (Phi) is 3.33. The van der Waals surface area contributed by atoms with Gasteiger partial charge in [0.2, 0.25) is 0 Å². The van der Waals surface area contributed by atoms with Crippen LogP contribution in [0.2, 0.25) is 5.02 Å². The molecule has 0 aliphatic rings. The number of rotatable bonds is 3. The molecule has 2 aromatic rings. The number of anilines is 1. The quantitative estimate of drug-likeness (QED) is 0.848. The Morgan fingerprint density at radius 1 is 1.47 bits per heavy atom. The molecule has 0 radical (unpaired) electrons. The zero-order chi connectivity index (χ0) is 12.4. The molecule has 0 bridgehead atoms. The average molecular weight is 252 g/mol. The fourth-order valence-electron chi connectivity index (χ4n) is 1.40. The van der Waals surface area contributed by atoms with Gasteiger partial charge in [0.05, 0.1) is 10.7 Å². The van der Waals surface area contributed by atoms with Crippen LogP contribution < -0.4 is 5.73 Å². The van der Waals surface area contributed by atoms with E-state index in [0.717, 1.165) is 17.8 Å². The summed E-state index contributed by atoms with van der Waals surface area (Å²) in [7, 11) is 0. The van der Waals surface area contributed by atoms with E-state index in [0.29, 0.717) is 16.6 Å². The first-order chi connectivity index (χ1) is 8.11. The molecule has 0 aliphatic carbocycles. The Labute approximate surface area is 105 Å². The molecule has 2 rings (SSSR count). The van der Waals surface area contributed by atoms with Crippen molar-refractivity contribution in [2.24, 2.45) is 0 Å². The highest BCUT2D eigenvalue weighted by atomic mass is 35.5. The van der Waals surface area contributed by atoms with E-state index in [1.807, 2.05) is 6.07 Å². The normalized spacial score (nSPS) is 12.6. The van der Waals surface area contributed by atoms with Crippen LogP contribution >= 0.6 is 11.6 Å². The van der Waals surface area contributed by atoms with Crippen LogP contribution in [-0.4, -0.2) is 10.1 Å². The maximum Gasteiger partial charge on any atom is 0.257 e. The van der Waals surface area contributed by atoms with Gasteiger partial charge in [0.15, 0.2) is 5.82 Å². The molecule has 4 nitrogen and oxygen atoms in total. The summed E-state index contributed by atoms with van der Waals surface area (Å²) in [5.74, 6) is 1.48. The lowest BCUT2D eigenvalue weighted by Crippen LogP contribution is -1.93. The minimum atomic E-state index is 0.289. The first-order valence-corrected chi connectivity index (χ1v) is 5.88. The molecule has 0 aliphatic heterocycles. The molecule has 0 amide bonds. The molecule has 1 aromatic carbocycles. The number of nitrogen functional groups attached to an aromatic ring is 1. The van der Waals surface area contributed by atoms with Crippen molar-refractivity contribution in [3.8, 4) is 11.5 Å². The zero-order valence-corrected chi connectivity index (χ0v) is 10.5. The van der Waals surface area contributed by atoms with E-state index in [4.69, 9.17) is 21.9 Å². The third-order valence-corrected chi connectivity index (χ3v) is 3.07. The standard InChI is InChI=1S/C12H14ClN3O/c1-3-7(2)11-15-12(17-16-11)8-4-5-10(14)9(13)6-8/h4-7H,3,14H2,1-2H3. The molecule has 1 unspecified atom stereocenters. The molecular formula is C12H14ClN3O. The van der Waals surface area contributed by atoms with Crippen molar-refractivity contribution in [1.29, 1.82) is 0 Å². The number of nitrogens with zero attached hydrogens (tertiary/aromatic N) is 2. The Bertz CT molecular complexity index is 524. The highest BCUT2D eigenvalue weighted by molar-refractivity contribution is 6.33. The Morgan fingerprint density at radius 3 is 2.88 bits per heavy atom. The van der Waals surface area contributed by atoms with Crippen molar-refractivity contribution < 1.29 is 4.52 Å². The monoisotopic (exact) mass is 251 g/mol. The SMILES string of the molecule is CCC(C)c1noc(-c2ccc(N)c(Cl)c2)n1.